The van der Waals surface area contributed by atoms with Crippen molar-refractivity contribution in [2.24, 2.45) is 5.73 Å². The molecular weight excluding hydrogens is 291 g/mol. The van der Waals surface area contributed by atoms with E-state index in [1.807, 2.05) is 0 Å². The highest BCUT2D eigenvalue weighted by Gasteiger charge is 2.19. The molecule has 0 aliphatic heterocycles. The lowest BCUT2D eigenvalue weighted by Crippen LogP contribution is -2.36. The summed E-state index contributed by atoms with van der Waals surface area (Å²) < 4.78 is 50.7. The molecule has 0 fully saturated rings. The minimum absolute atomic E-state index is 0.0527. The third-order valence-corrected chi connectivity index (χ3v) is 4.95. The second kappa shape index (κ2) is 6.56. The highest BCUT2D eigenvalue weighted by Crippen LogP contribution is 2.15. The standard InChI is InChI=1S/C11H17FN2O3S2/c1-8(7-18(2)15)14-19(16,17)10-3-4-11(12)9(5-10)6-13/h3-5,8,14H,6-7,13H2,1-2H3. The van der Waals surface area contributed by atoms with Crippen LogP contribution in [0.15, 0.2) is 23.1 Å². The third kappa shape index (κ3) is 4.64. The summed E-state index contributed by atoms with van der Waals surface area (Å²) in [6.07, 6.45) is 1.50. The Morgan fingerprint density at radius 2 is 2.11 bits per heavy atom. The van der Waals surface area contributed by atoms with Crippen LogP contribution in [0.25, 0.3) is 0 Å². The molecule has 19 heavy (non-hydrogen) atoms. The van der Waals surface area contributed by atoms with Crippen LogP contribution in [0, 0.1) is 5.82 Å². The first-order chi connectivity index (χ1) is 8.76. The fourth-order valence-electron chi connectivity index (χ4n) is 1.59. The van der Waals surface area contributed by atoms with Crippen molar-refractivity contribution in [3.63, 3.8) is 0 Å². The first kappa shape index (κ1) is 16.2. The lowest BCUT2D eigenvalue weighted by atomic mass is 10.2. The van der Waals surface area contributed by atoms with Gasteiger partial charge in [0.15, 0.2) is 0 Å². The van der Waals surface area contributed by atoms with E-state index >= 15 is 0 Å². The zero-order valence-corrected chi connectivity index (χ0v) is 12.4. The fourth-order valence-corrected chi connectivity index (χ4v) is 3.78. The molecular formula is C11H17FN2O3S2. The minimum atomic E-state index is -3.76. The average molecular weight is 308 g/mol. The van der Waals surface area contributed by atoms with E-state index in [2.05, 4.69) is 4.72 Å². The molecule has 0 radical (unpaired) electrons. The summed E-state index contributed by atoms with van der Waals surface area (Å²) in [5.74, 6) is -0.325. The van der Waals surface area contributed by atoms with Crippen molar-refractivity contribution in [3.8, 4) is 0 Å². The SMILES string of the molecule is CC(CS(C)=O)NS(=O)(=O)c1ccc(F)c(CN)c1. The van der Waals surface area contributed by atoms with Crippen molar-refractivity contribution < 1.29 is 17.0 Å². The topological polar surface area (TPSA) is 89.3 Å². The second-order valence-corrected chi connectivity index (χ2v) is 7.41. The maximum Gasteiger partial charge on any atom is 0.240 e. The Morgan fingerprint density at radius 1 is 1.47 bits per heavy atom. The average Bonchev–Trinajstić information content (AvgIpc) is 2.27. The van der Waals surface area contributed by atoms with Gasteiger partial charge in [-0.1, -0.05) is 0 Å². The summed E-state index contributed by atoms with van der Waals surface area (Å²) in [6.45, 7) is 1.54. The zero-order valence-electron chi connectivity index (χ0n) is 10.7. The molecule has 0 amide bonds. The molecule has 2 unspecified atom stereocenters. The molecule has 0 aliphatic rings. The van der Waals surface area contributed by atoms with Crippen LogP contribution in [-0.2, 0) is 27.4 Å². The van der Waals surface area contributed by atoms with E-state index in [0.717, 1.165) is 6.07 Å². The van der Waals surface area contributed by atoms with E-state index in [9.17, 15) is 17.0 Å². The summed E-state index contributed by atoms with van der Waals surface area (Å²) >= 11 is 0. The second-order valence-electron chi connectivity index (χ2n) is 4.22. The minimum Gasteiger partial charge on any atom is -0.326 e. The van der Waals surface area contributed by atoms with Crippen LogP contribution < -0.4 is 10.5 Å². The van der Waals surface area contributed by atoms with Crippen molar-refractivity contribution in [2.75, 3.05) is 12.0 Å². The highest BCUT2D eigenvalue weighted by atomic mass is 32.2. The highest BCUT2D eigenvalue weighted by molar-refractivity contribution is 7.89. The van der Waals surface area contributed by atoms with E-state index in [4.69, 9.17) is 5.73 Å². The normalized spacial score (nSPS) is 15.2. The van der Waals surface area contributed by atoms with Crippen LogP contribution in [0.1, 0.15) is 12.5 Å². The Labute approximate surface area is 114 Å². The van der Waals surface area contributed by atoms with Gasteiger partial charge in [-0.05, 0) is 25.1 Å². The Hall–Kier alpha value is -0.830. The molecule has 0 heterocycles. The van der Waals surface area contributed by atoms with Gasteiger partial charge in [0, 0.05) is 41.0 Å². The van der Waals surface area contributed by atoms with Crippen LogP contribution in [0.4, 0.5) is 4.39 Å². The van der Waals surface area contributed by atoms with Crippen molar-refractivity contribution >= 4 is 20.8 Å². The third-order valence-electron chi connectivity index (χ3n) is 2.39. The van der Waals surface area contributed by atoms with Crippen LogP contribution >= 0.6 is 0 Å². The molecule has 1 rings (SSSR count). The van der Waals surface area contributed by atoms with Gasteiger partial charge in [-0.15, -0.1) is 0 Å². The molecule has 0 aliphatic carbocycles. The number of nitrogens with one attached hydrogen (secondary N) is 1. The number of sulfonamides is 1. The van der Waals surface area contributed by atoms with Gasteiger partial charge in [0.2, 0.25) is 10.0 Å². The number of hydrogen-bond acceptors (Lipinski definition) is 4. The zero-order chi connectivity index (χ0) is 14.6. The van der Waals surface area contributed by atoms with Gasteiger partial charge in [-0.2, -0.15) is 0 Å². The maximum absolute atomic E-state index is 13.3. The molecule has 8 heteroatoms. The van der Waals surface area contributed by atoms with E-state index in [-0.39, 0.29) is 22.8 Å². The van der Waals surface area contributed by atoms with E-state index in [1.54, 1.807) is 6.92 Å². The number of nitrogens with two attached hydrogens (primary N) is 1. The molecule has 3 N–H and O–H groups in total. The molecule has 2 atom stereocenters. The summed E-state index contributed by atoms with van der Waals surface area (Å²) in [5.41, 5.74) is 5.47. The molecule has 0 spiro atoms. The predicted molar refractivity (Wildman–Crippen MR) is 73.0 cm³/mol. The molecule has 1 aromatic carbocycles. The largest absolute Gasteiger partial charge is 0.326 e. The molecule has 0 aromatic heterocycles. The number of halogens is 1. The summed E-state index contributed by atoms with van der Waals surface area (Å²) in [6, 6.07) is 2.97. The molecule has 1 aromatic rings. The fraction of sp³-hybridized carbons (Fsp3) is 0.455. The summed E-state index contributed by atoms with van der Waals surface area (Å²) in [5, 5.41) is 0. The van der Waals surface area contributed by atoms with Gasteiger partial charge in [0.1, 0.15) is 5.82 Å². The summed E-state index contributed by atoms with van der Waals surface area (Å²) in [7, 11) is -4.86. The van der Waals surface area contributed by atoms with Gasteiger partial charge in [-0.3, -0.25) is 4.21 Å². The molecule has 108 valence electrons. The number of rotatable bonds is 6. The van der Waals surface area contributed by atoms with Crippen molar-refractivity contribution in [1.29, 1.82) is 0 Å². The molecule has 0 saturated carbocycles. The van der Waals surface area contributed by atoms with Crippen LogP contribution in [-0.4, -0.2) is 30.7 Å². The Morgan fingerprint density at radius 3 is 2.63 bits per heavy atom. The lowest BCUT2D eigenvalue weighted by Gasteiger charge is -2.13. The molecule has 0 saturated heterocycles. The van der Waals surface area contributed by atoms with E-state index in [1.165, 1.54) is 18.4 Å². The Kier molecular flexibility index (Phi) is 5.60. The van der Waals surface area contributed by atoms with Crippen molar-refractivity contribution in [3.05, 3.63) is 29.6 Å². The van der Waals surface area contributed by atoms with Gasteiger partial charge < -0.3 is 5.73 Å². The first-order valence-electron chi connectivity index (χ1n) is 5.57. The van der Waals surface area contributed by atoms with Crippen LogP contribution in [0.5, 0.6) is 0 Å². The van der Waals surface area contributed by atoms with Crippen molar-refractivity contribution in [2.45, 2.75) is 24.4 Å². The molecule has 5 nitrogen and oxygen atoms in total. The summed E-state index contributed by atoms with van der Waals surface area (Å²) in [4.78, 5) is -0.0527. The first-order valence-corrected chi connectivity index (χ1v) is 8.78. The lowest BCUT2D eigenvalue weighted by molar-refractivity contribution is 0.568. The van der Waals surface area contributed by atoms with Gasteiger partial charge >= 0.3 is 0 Å². The Balaban J connectivity index is 2.97. The smallest absolute Gasteiger partial charge is 0.240 e. The van der Waals surface area contributed by atoms with E-state index < -0.39 is 32.7 Å². The monoisotopic (exact) mass is 308 g/mol. The van der Waals surface area contributed by atoms with Gasteiger partial charge in [0.25, 0.3) is 0 Å². The number of benzene rings is 1. The van der Waals surface area contributed by atoms with Gasteiger partial charge in [0.05, 0.1) is 4.90 Å². The van der Waals surface area contributed by atoms with Gasteiger partial charge in [-0.25, -0.2) is 17.5 Å². The van der Waals surface area contributed by atoms with Crippen molar-refractivity contribution in [1.82, 2.24) is 4.72 Å². The van der Waals surface area contributed by atoms with Crippen LogP contribution in [0.3, 0.4) is 0 Å². The Bertz CT molecular complexity index is 575. The van der Waals surface area contributed by atoms with E-state index in [0.29, 0.717) is 0 Å². The molecule has 0 bridgehead atoms. The number of hydrogen-bond donors (Lipinski definition) is 2. The maximum atomic E-state index is 13.3. The predicted octanol–water partition coefficient (Wildman–Crippen LogP) is 0.330. The van der Waals surface area contributed by atoms with Crippen LogP contribution in [0.2, 0.25) is 0 Å². The quantitative estimate of drug-likeness (QED) is 0.792.